The van der Waals surface area contributed by atoms with Crippen molar-refractivity contribution in [1.82, 2.24) is 14.6 Å². The van der Waals surface area contributed by atoms with E-state index in [0.717, 1.165) is 78.0 Å². The molecule has 0 atom stereocenters. The molecule has 2 aliphatic rings. The van der Waals surface area contributed by atoms with Gasteiger partial charge in [-0.3, -0.25) is 14.6 Å². The van der Waals surface area contributed by atoms with Crippen LogP contribution in [0, 0.1) is 13.8 Å². The summed E-state index contributed by atoms with van der Waals surface area (Å²) in [4.78, 5) is 25.0. The molecule has 1 fully saturated rings. The Morgan fingerprint density at radius 3 is 2.33 bits per heavy atom. The summed E-state index contributed by atoms with van der Waals surface area (Å²) in [5.41, 5.74) is 7.24. The van der Waals surface area contributed by atoms with Crippen LogP contribution < -0.4 is 0 Å². The molecular weight excluding hydrogens is 434 g/mol. The Morgan fingerprint density at radius 1 is 0.939 bits per heavy atom. The van der Waals surface area contributed by atoms with Crippen LogP contribution in [0.3, 0.4) is 0 Å². The maximum absolute atomic E-state index is 13.8. The second-order valence-corrected chi connectivity index (χ2v) is 9.43. The zero-order valence-electron chi connectivity index (χ0n) is 19.1. The number of carbonyl (C=O) groups is 2. The number of piperidine rings is 1. The molecule has 1 aromatic heterocycles. The number of hydrogen-bond donors (Lipinski definition) is 0. The summed E-state index contributed by atoms with van der Waals surface area (Å²) in [5, 5.41) is 4.84. The lowest BCUT2D eigenvalue weighted by atomic mass is 10.0. The smallest absolute Gasteiger partial charge is 0.270 e. The average Bonchev–Trinajstić information content (AvgIpc) is 3.12. The molecular formula is C27H28ClN3O2. The molecule has 0 aliphatic carbocycles. The van der Waals surface area contributed by atoms with E-state index in [4.69, 9.17) is 11.6 Å². The van der Waals surface area contributed by atoms with Crippen molar-refractivity contribution >= 4 is 23.8 Å². The first-order valence-electron chi connectivity index (χ1n) is 11.6. The quantitative estimate of drug-likeness (QED) is 0.473. The number of hydrazine groups is 1. The van der Waals surface area contributed by atoms with Gasteiger partial charge in [0.1, 0.15) is 6.29 Å². The maximum Gasteiger partial charge on any atom is 0.270 e. The Labute approximate surface area is 199 Å². The van der Waals surface area contributed by atoms with E-state index in [1.165, 1.54) is 6.42 Å². The lowest BCUT2D eigenvalue weighted by Gasteiger charge is -2.39. The standard InChI is InChI=1S/C27H28ClN3O2/c1-18-6-11-23(22(28)16-18)31-24-12-15-30(29-13-4-3-5-14-29)27(33)25(24)19(2)26(31)21-9-7-20(17-32)8-10-21/h6-11,16-17H,3-5,12-15H2,1-2H3. The van der Waals surface area contributed by atoms with Gasteiger partial charge < -0.3 is 4.57 Å². The number of halogens is 1. The van der Waals surface area contributed by atoms with Gasteiger partial charge in [0.05, 0.1) is 22.0 Å². The summed E-state index contributed by atoms with van der Waals surface area (Å²) < 4.78 is 2.16. The minimum absolute atomic E-state index is 0.0726. The SMILES string of the molecule is Cc1ccc(-n2c3c(c(C)c2-c2ccc(C=O)cc2)C(=O)N(N2CCCCC2)CC3)c(Cl)c1. The molecule has 0 spiro atoms. The van der Waals surface area contributed by atoms with Gasteiger partial charge in [0.2, 0.25) is 0 Å². The minimum atomic E-state index is 0.0726. The van der Waals surface area contributed by atoms with Gasteiger partial charge >= 0.3 is 0 Å². The Kier molecular flexibility index (Phi) is 5.85. The Hall–Kier alpha value is -2.89. The molecule has 5 rings (SSSR count). The first-order valence-corrected chi connectivity index (χ1v) is 12.0. The van der Waals surface area contributed by atoms with E-state index in [1.54, 1.807) is 0 Å². The molecule has 5 nitrogen and oxygen atoms in total. The van der Waals surface area contributed by atoms with Crippen molar-refractivity contribution in [2.24, 2.45) is 0 Å². The fourth-order valence-electron chi connectivity index (χ4n) is 5.23. The second kappa shape index (κ2) is 8.81. The minimum Gasteiger partial charge on any atom is -0.311 e. The molecule has 3 aromatic rings. The molecule has 2 aliphatic heterocycles. The number of fused-ring (bicyclic) bond motifs is 1. The normalized spacial score (nSPS) is 16.7. The van der Waals surface area contributed by atoms with Crippen molar-refractivity contribution in [3.63, 3.8) is 0 Å². The third-order valence-electron chi connectivity index (χ3n) is 6.86. The van der Waals surface area contributed by atoms with Gasteiger partial charge in [-0.25, -0.2) is 5.01 Å². The molecule has 3 heterocycles. The number of aryl methyl sites for hydroxylation is 1. The summed E-state index contributed by atoms with van der Waals surface area (Å²) in [7, 11) is 0. The second-order valence-electron chi connectivity index (χ2n) is 9.02. The number of carbonyl (C=O) groups excluding carboxylic acids is 2. The van der Waals surface area contributed by atoms with Crippen molar-refractivity contribution in [3.05, 3.63) is 75.4 Å². The summed E-state index contributed by atoms with van der Waals surface area (Å²) >= 11 is 6.74. The van der Waals surface area contributed by atoms with Gasteiger partial charge in [0.25, 0.3) is 5.91 Å². The number of aldehydes is 1. The van der Waals surface area contributed by atoms with Crippen LogP contribution in [0.4, 0.5) is 0 Å². The maximum atomic E-state index is 13.8. The molecule has 2 aromatic carbocycles. The Morgan fingerprint density at radius 2 is 1.67 bits per heavy atom. The Balaban J connectivity index is 1.70. The van der Waals surface area contributed by atoms with Crippen molar-refractivity contribution in [2.75, 3.05) is 19.6 Å². The van der Waals surface area contributed by atoms with E-state index < -0.39 is 0 Å². The third-order valence-corrected chi connectivity index (χ3v) is 7.16. The molecule has 0 saturated carbocycles. The molecule has 33 heavy (non-hydrogen) atoms. The largest absolute Gasteiger partial charge is 0.311 e. The van der Waals surface area contributed by atoms with E-state index >= 15 is 0 Å². The zero-order chi connectivity index (χ0) is 23.1. The number of rotatable bonds is 4. The molecule has 0 bridgehead atoms. The van der Waals surface area contributed by atoms with E-state index in [-0.39, 0.29) is 5.91 Å². The first kappa shape index (κ1) is 21.9. The number of hydrogen-bond acceptors (Lipinski definition) is 3. The van der Waals surface area contributed by atoms with Crippen LogP contribution in [0.2, 0.25) is 5.02 Å². The van der Waals surface area contributed by atoms with Crippen molar-refractivity contribution in [3.8, 4) is 16.9 Å². The van der Waals surface area contributed by atoms with E-state index in [2.05, 4.69) is 9.58 Å². The van der Waals surface area contributed by atoms with Crippen LogP contribution in [0.15, 0.2) is 42.5 Å². The van der Waals surface area contributed by atoms with Gasteiger partial charge in [0, 0.05) is 37.3 Å². The van der Waals surface area contributed by atoms with Gasteiger partial charge in [-0.1, -0.05) is 48.4 Å². The van der Waals surface area contributed by atoms with Gasteiger partial charge in [-0.15, -0.1) is 0 Å². The number of aromatic nitrogens is 1. The molecule has 0 unspecified atom stereocenters. The summed E-state index contributed by atoms with van der Waals surface area (Å²) in [6, 6.07) is 13.6. The highest BCUT2D eigenvalue weighted by Gasteiger charge is 2.36. The Bertz CT molecular complexity index is 1220. The topological polar surface area (TPSA) is 45.6 Å². The zero-order valence-corrected chi connectivity index (χ0v) is 19.9. The average molecular weight is 462 g/mol. The highest BCUT2D eigenvalue weighted by atomic mass is 35.5. The molecule has 6 heteroatoms. The first-order chi connectivity index (χ1) is 16.0. The van der Waals surface area contributed by atoms with E-state index in [0.29, 0.717) is 17.1 Å². The number of nitrogens with zero attached hydrogens (tertiary/aromatic N) is 3. The predicted molar refractivity (Wildman–Crippen MR) is 131 cm³/mol. The number of benzene rings is 2. The third kappa shape index (κ3) is 3.79. The molecule has 1 amide bonds. The molecule has 0 radical (unpaired) electrons. The monoisotopic (exact) mass is 461 g/mol. The fraction of sp³-hybridized carbons (Fsp3) is 0.333. The van der Waals surface area contributed by atoms with E-state index in [1.807, 2.05) is 61.3 Å². The fourth-order valence-corrected chi connectivity index (χ4v) is 5.54. The van der Waals surface area contributed by atoms with Crippen LogP contribution in [0.1, 0.15) is 56.8 Å². The van der Waals surface area contributed by atoms with Crippen molar-refractivity contribution in [2.45, 2.75) is 39.5 Å². The summed E-state index contributed by atoms with van der Waals surface area (Å²) in [6.45, 7) is 6.58. The van der Waals surface area contributed by atoms with Crippen LogP contribution in [0.5, 0.6) is 0 Å². The van der Waals surface area contributed by atoms with Gasteiger partial charge in [-0.2, -0.15) is 0 Å². The lowest BCUT2D eigenvalue weighted by molar-refractivity contribution is -0.0237. The van der Waals surface area contributed by atoms with Gasteiger partial charge in [-0.05, 0) is 55.5 Å². The molecule has 1 saturated heterocycles. The highest BCUT2D eigenvalue weighted by molar-refractivity contribution is 6.32. The van der Waals surface area contributed by atoms with Gasteiger partial charge in [0.15, 0.2) is 0 Å². The van der Waals surface area contributed by atoms with Crippen LogP contribution in [-0.4, -0.2) is 46.4 Å². The van der Waals surface area contributed by atoms with E-state index in [9.17, 15) is 9.59 Å². The molecule has 0 N–H and O–H groups in total. The van der Waals surface area contributed by atoms with Crippen LogP contribution in [0.25, 0.3) is 16.9 Å². The van der Waals surface area contributed by atoms with Crippen molar-refractivity contribution in [1.29, 1.82) is 0 Å². The number of amides is 1. The predicted octanol–water partition coefficient (Wildman–Crippen LogP) is 5.63. The summed E-state index contributed by atoms with van der Waals surface area (Å²) in [5.74, 6) is 0.0726. The van der Waals surface area contributed by atoms with Crippen molar-refractivity contribution < 1.29 is 9.59 Å². The molecule has 170 valence electrons. The summed E-state index contributed by atoms with van der Waals surface area (Å²) in [6.07, 6.45) is 5.09. The highest BCUT2D eigenvalue weighted by Crippen LogP contribution is 2.39. The van der Waals surface area contributed by atoms with Crippen LogP contribution in [-0.2, 0) is 6.42 Å². The van der Waals surface area contributed by atoms with Crippen LogP contribution >= 0.6 is 11.6 Å². The lowest BCUT2D eigenvalue weighted by Crippen LogP contribution is -2.51.